The molecule has 0 bridgehead atoms. The van der Waals surface area contributed by atoms with E-state index in [4.69, 9.17) is 5.10 Å². The van der Waals surface area contributed by atoms with Gasteiger partial charge in [-0.3, -0.25) is 9.48 Å². The molecule has 0 unspecified atom stereocenters. The van der Waals surface area contributed by atoms with E-state index in [1.54, 1.807) is 0 Å². The van der Waals surface area contributed by atoms with Gasteiger partial charge in [0.25, 0.3) is 5.91 Å². The lowest BCUT2D eigenvalue weighted by Crippen LogP contribution is -2.44. The van der Waals surface area contributed by atoms with Crippen LogP contribution in [0.25, 0.3) is 11.3 Å². The van der Waals surface area contributed by atoms with Gasteiger partial charge in [-0.15, -0.1) is 12.4 Å². The number of nitrogens with zero attached hydrogens (tertiary/aromatic N) is 3. The van der Waals surface area contributed by atoms with E-state index < -0.39 is 0 Å². The molecule has 1 N–H and O–H groups in total. The summed E-state index contributed by atoms with van der Waals surface area (Å²) in [6.07, 6.45) is 3.88. The predicted octanol–water partition coefficient (Wildman–Crippen LogP) is 4.15. The minimum Gasteiger partial charge on any atom is -0.338 e. The average Bonchev–Trinajstić information content (AvgIpc) is 3.18. The van der Waals surface area contributed by atoms with Crippen molar-refractivity contribution in [1.29, 1.82) is 0 Å². The monoisotopic (exact) mass is 424 g/mol. The maximum Gasteiger partial charge on any atom is 0.257 e. The molecule has 30 heavy (non-hydrogen) atoms. The summed E-state index contributed by atoms with van der Waals surface area (Å²) in [6, 6.07) is 19.0. The summed E-state index contributed by atoms with van der Waals surface area (Å²) in [7, 11) is 1.99. The van der Waals surface area contributed by atoms with Crippen LogP contribution in [0.3, 0.4) is 0 Å². The van der Waals surface area contributed by atoms with Gasteiger partial charge in [-0.1, -0.05) is 60.2 Å². The molecule has 1 fully saturated rings. The third-order valence-corrected chi connectivity index (χ3v) is 5.69. The van der Waals surface area contributed by atoms with Gasteiger partial charge in [-0.2, -0.15) is 5.10 Å². The van der Waals surface area contributed by atoms with Crippen molar-refractivity contribution in [2.24, 2.45) is 0 Å². The van der Waals surface area contributed by atoms with Crippen LogP contribution in [-0.4, -0.2) is 46.8 Å². The van der Waals surface area contributed by atoms with E-state index in [1.807, 2.05) is 41.0 Å². The number of aromatic nitrogens is 2. The highest BCUT2D eigenvalue weighted by Gasteiger charge is 2.26. The Balaban J connectivity index is 0.00000256. The average molecular weight is 425 g/mol. The molecule has 158 valence electrons. The molecule has 1 saturated heterocycles. The van der Waals surface area contributed by atoms with E-state index in [-0.39, 0.29) is 18.3 Å². The topological polar surface area (TPSA) is 50.2 Å². The van der Waals surface area contributed by atoms with Crippen LogP contribution >= 0.6 is 12.4 Å². The van der Waals surface area contributed by atoms with Crippen LogP contribution in [0, 0.1) is 6.92 Å². The van der Waals surface area contributed by atoms with Crippen LogP contribution < -0.4 is 5.32 Å². The summed E-state index contributed by atoms with van der Waals surface area (Å²) in [6.45, 7) is 4.27. The number of carbonyl (C=O) groups is 1. The first-order chi connectivity index (χ1) is 14.1. The van der Waals surface area contributed by atoms with E-state index in [1.165, 1.54) is 11.1 Å². The number of carbonyl (C=O) groups excluding carboxylic acids is 1. The normalized spacial score (nSPS) is 14.4. The molecule has 2 heterocycles. The first-order valence-corrected chi connectivity index (χ1v) is 10.3. The van der Waals surface area contributed by atoms with Crippen molar-refractivity contribution < 1.29 is 4.79 Å². The Hall–Kier alpha value is -2.63. The van der Waals surface area contributed by atoms with Crippen LogP contribution in [0.15, 0.2) is 60.8 Å². The first-order valence-electron chi connectivity index (χ1n) is 10.3. The standard InChI is InChI=1S/C24H28N4O.ClH/c1-18-8-10-20(11-9-18)23-22(24(29)27-14-12-21(25-2)13-15-27)17-28(26-23)16-19-6-4-3-5-7-19;/h3-11,17,21,25H,12-16H2,1-2H3;1H. The van der Waals surface area contributed by atoms with Gasteiger partial charge >= 0.3 is 0 Å². The smallest absolute Gasteiger partial charge is 0.257 e. The van der Waals surface area contributed by atoms with Crippen LogP contribution in [0.1, 0.15) is 34.3 Å². The number of benzene rings is 2. The highest BCUT2D eigenvalue weighted by atomic mass is 35.5. The summed E-state index contributed by atoms with van der Waals surface area (Å²) in [5.41, 5.74) is 4.80. The lowest BCUT2D eigenvalue weighted by Gasteiger charge is -2.31. The third kappa shape index (κ3) is 4.91. The van der Waals surface area contributed by atoms with Gasteiger partial charge < -0.3 is 10.2 Å². The first kappa shape index (κ1) is 22.1. The Morgan fingerprint density at radius 1 is 1.07 bits per heavy atom. The zero-order chi connectivity index (χ0) is 20.2. The van der Waals surface area contributed by atoms with Gasteiger partial charge in [-0.25, -0.2) is 0 Å². The maximum atomic E-state index is 13.4. The van der Waals surface area contributed by atoms with Gasteiger partial charge in [0.15, 0.2) is 0 Å². The van der Waals surface area contributed by atoms with Crippen LogP contribution in [0.4, 0.5) is 0 Å². The molecule has 6 heteroatoms. The molecule has 0 aliphatic carbocycles. The highest BCUT2D eigenvalue weighted by Crippen LogP contribution is 2.25. The number of amides is 1. The Bertz CT molecular complexity index is 961. The molecule has 0 atom stereocenters. The fourth-order valence-corrected chi connectivity index (χ4v) is 3.90. The molecule has 1 aliphatic heterocycles. The molecule has 4 rings (SSSR count). The zero-order valence-corrected chi connectivity index (χ0v) is 18.4. The summed E-state index contributed by atoms with van der Waals surface area (Å²) >= 11 is 0. The van der Waals surface area contributed by atoms with E-state index in [2.05, 4.69) is 48.6 Å². The SMILES string of the molecule is CNC1CCN(C(=O)c2cn(Cc3ccccc3)nc2-c2ccc(C)cc2)CC1.Cl. The van der Waals surface area contributed by atoms with Crippen molar-refractivity contribution in [2.45, 2.75) is 32.4 Å². The van der Waals surface area contributed by atoms with E-state index >= 15 is 0 Å². The van der Waals surface area contributed by atoms with Gasteiger partial charge in [0.2, 0.25) is 0 Å². The molecule has 5 nitrogen and oxygen atoms in total. The molecular weight excluding hydrogens is 396 g/mol. The van der Waals surface area contributed by atoms with Gasteiger partial charge in [-0.05, 0) is 32.4 Å². The molecule has 0 radical (unpaired) electrons. The summed E-state index contributed by atoms with van der Waals surface area (Å²) in [4.78, 5) is 15.3. The molecule has 3 aromatic rings. The number of rotatable bonds is 5. The molecule has 1 aromatic heterocycles. The maximum absolute atomic E-state index is 13.4. The van der Waals surface area contributed by atoms with E-state index in [9.17, 15) is 4.79 Å². The molecule has 1 aliphatic rings. The summed E-state index contributed by atoms with van der Waals surface area (Å²) in [5, 5.41) is 8.13. The number of hydrogen-bond acceptors (Lipinski definition) is 3. The molecule has 2 aromatic carbocycles. The van der Waals surface area contributed by atoms with Gasteiger partial charge in [0.05, 0.1) is 12.1 Å². The summed E-state index contributed by atoms with van der Waals surface area (Å²) < 4.78 is 1.89. The number of halogens is 1. The third-order valence-electron chi connectivity index (χ3n) is 5.69. The Morgan fingerprint density at radius 2 is 1.73 bits per heavy atom. The minimum absolute atomic E-state index is 0. The number of nitrogens with one attached hydrogen (secondary N) is 1. The van der Waals surface area contributed by atoms with Crippen molar-refractivity contribution >= 4 is 18.3 Å². The largest absolute Gasteiger partial charge is 0.338 e. The van der Waals surface area contributed by atoms with E-state index in [0.717, 1.165) is 37.2 Å². The molecular formula is C24H29ClN4O. The Morgan fingerprint density at radius 3 is 2.37 bits per heavy atom. The molecule has 0 saturated carbocycles. The minimum atomic E-state index is 0. The fourth-order valence-electron chi connectivity index (χ4n) is 3.90. The Kier molecular flexibility index (Phi) is 7.29. The van der Waals surface area contributed by atoms with Gasteiger partial charge in [0, 0.05) is 30.9 Å². The lowest BCUT2D eigenvalue weighted by atomic mass is 10.0. The number of hydrogen-bond donors (Lipinski definition) is 1. The van der Waals surface area contributed by atoms with Crippen LogP contribution in [-0.2, 0) is 6.54 Å². The Labute approximate surface area is 184 Å². The quantitative estimate of drug-likeness (QED) is 0.669. The predicted molar refractivity (Wildman–Crippen MR) is 123 cm³/mol. The molecule has 1 amide bonds. The van der Waals surface area contributed by atoms with Crippen molar-refractivity contribution in [3.8, 4) is 11.3 Å². The van der Waals surface area contributed by atoms with E-state index in [0.29, 0.717) is 18.2 Å². The zero-order valence-electron chi connectivity index (χ0n) is 17.5. The number of likely N-dealkylation sites (tertiary alicyclic amines) is 1. The van der Waals surface area contributed by atoms with Crippen molar-refractivity contribution in [2.75, 3.05) is 20.1 Å². The van der Waals surface area contributed by atoms with Crippen molar-refractivity contribution in [1.82, 2.24) is 20.0 Å². The van der Waals surface area contributed by atoms with Gasteiger partial charge in [0.1, 0.15) is 5.69 Å². The highest BCUT2D eigenvalue weighted by molar-refractivity contribution is 5.99. The van der Waals surface area contributed by atoms with Crippen LogP contribution in [0.2, 0.25) is 0 Å². The fraction of sp³-hybridized carbons (Fsp3) is 0.333. The second-order valence-electron chi connectivity index (χ2n) is 7.80. The summed E-state index contributed by atoms with van der Waals surface area (Å²) in [5.74, 6) is 0.0782. The second-order valence-corrected chi connectivity index (χ2v) is 7.80. The number of piperidine rings is 1. The lowest BCUT2D eigenvalue weighted by molar-refractivity contribution is 0.0708. The van der Waals surface area contributed by atoms with Crippen LogP contribution in [0.5, 0.6) is 0 Å². The second kappa shape index (κ2) is 9.92. The number of aryl methyl sites for hydroxylation is 1. The molecule has 0 spiro atoms. The van der Waals surface area contributed by atoms with Crippen molar-refractivity contribution in [3.63, 3.8) is 0 Å². The van der Waals surface area contributed by atoms with Crippen molar-refractivity contribution in [3.05, 3.63) is 77.5 Å².